The van der Waals surface area contributed by atoms with E-state index in [0.717, 1.165) is 5.56 Å². The van der Waals surface area contributed by atoms with Crippen LogP contribution < -0.4 is 5.56 Å². The molecule has 0 radical (unpaired) electrons. The van der Waals surface area contributed by atoms with E-state index in [9.17, 15) is 9.59 Å². The summed E-state index contributed by atoms with van der Waals surface area (Å²) in [6, 6.07) is 5.24. The van der Waals surface area contributed by atoms with Gasteiger partial charge in [-0.1, -0.05) is 18.2 Å². The van der Waals surface area contributed by atoms with Crippen LogP contribution in [0.1, 0.15) is 17.8 Å². The molecular weight excluding hydrogens is 232 g/mol. The average molecular weight is 244 g/mol. The second-order valence-electron chi connectivity index (χ2n) is 3.93. The number of carboxylic acid groups (broad SMARTS) is 1. The highest BCUT2D eigenvalue weighted by atomic mass is 16.4. The van der Waals surface area contributed by atoms with E-state index in [4.69, 9.17) is 5.11 Å². The highest BCUT2D eigenvalue weighted by Crippen LogP contribution is 2.11. The first-order valence-corrected chi connectivity index (χ1v) is 5.45. The Morgan fingerprint density at radius 2 is 2.28 bits per heavy atom. The number of benzene rings is 1. The van der Waals surface area contributed by atoms with E-state index in [1.807, 2.05) is 0 Å². The molecule has 0 spiro atoms. The standard InChI is InChI=1S/C13H12N2O3/c1-8-14-11-6-5-9(3-2-4-12(16)17)7-10(11)13(18)15-8/h2-3,5-7H,4H2,1H3,(H,16,17)(H,14,15,18). The molecule has 2 aromatic rings. The average Bonchev–Trinajstić information content (AvgIpc) is 2.29. The van der Waals surface area contributed by atoms with E-state index in [2.05, 4.69) is 9.97 Å². The van der Waals surface area contributed by atoms with Crippen molar-refractivity contribution >= 4 is 22.9 Å². The Kier molecular flexibility index (Phi) is 3.23. The second-order valence-corrected chi connectivity index (χ2v) is 3.93. The number of aryl methyl sites for hydroxylation is 1. The summed E-state index contributed by atoms with van der Waals surface area (Å²) >= 11 is 0. The summed E-state index contributed by atoms with van der Waals surface area (Å²) in [4.78, 5) is 28.9. The molecule has 1 aromatic heterocycles. The topological polar surface area (TPSA) is 83.0 Å². The molecular formula is C13H12N2O3. The SMILES string of the molecule is Cc1nc2ccc(C=CCC(=O)O)cc2c(=O)[nH]1. The molecule has 0 amide bonds. The molecule has 0 unspecified atom stereocenters. The fourth-order valence-corrected chi connectivity index (χ4v) is 1.67. The molecule has 2 rings (SSSR count). The zero-order valence-corrected chi connectivity index (χ0v) is 9.80. The van der Waals surface area contributed by atoms with Gasteiger partial charge in [-0.05, 0) is 24.6 Å². The summed E-state index contributed by atoms with van der Waals surface area (Å²) in [5, 5.41) is 9.02. The molecule has 0 saturated heterocycles. The molecule has 0 aliphatic heterocycles. The molecule has 0 aliphatic carbocycles. The normalized spacial score (nSPS) is 11.2. The molecule has 2 N–H and O–H groups in total. The Balaban J connectivity index is 2.41. The molecule has 92 valence electrons. The first-order chi connectivity index (χ1) is 8.56. The number of aromatic nitrogens is 2. The summed E-state index contributed by atoms with van der Waals surface area (Å²) in [5.41, 5.74) is 1.22. The third-order valence-electron chi connectivity index (χ3n) is 2.45. The number of aromatic amines is 1. The minimum absolute atomic E-state index is 0.0411. The van der Waals surface area contributed by atoms with Crippen molar-refractivity contribution in [1.82, 2.24) is 9.97 Å². The van der Waals surface area contributed by atoms with Gasteiger partial charge in [-0.25, -0.2) is 4.98 Å². The van der Waals surface area contributed by atoms with Gasteiger partial charge in [0.2, 0.25) is 0 Å². The van der Waals surface area contributed by atoms with Crippen molar-refractivity contribution in [3.05, 3.63) is 46.0 Å². The largest absolute Gasteiger partial charge is 0.481 e. The predicted octanol–water partition coefficient (Wildman–Crippen LogP) is 1.72. The minimum atomic E-state index is -0.887. The van der Waals surface area contributed by atoms with Gasteiger partial charge in [0.25, 0.3) is 5.56 Å². The molecule has 1 aromatic carbocycles. The Bertz CT molecular complexity index is 686. The van der Waals surface area contributed by atoms with Gasteiger partial charge >= 0.3 is 5.97 Å². The number of nitrogens with zero attached hydrogens (tertiary/aromatic N) is 1. The summed E-state index contributed by atoms with van der Waals surface area (Å²) in [6.07, 6.45) is 3.17. The van der Waals surface area contributed by atoms with Crippen molar-refractivity contribution in [3.8, 4) is 0 Å². The number of rotatable bonds is 3. The van der Waals surface area contributed by atoms with Crippen LogP contribution in [0.25, 0.3) is 17.0 Å². The highest BCUT2D eigenvalue weighted by molar-refractivity contribution is 5.80. The van der Waals surface area contributed by atoms with E-state index < -0.39 is 5.97 Å². The van der Waals surface area contributed by atoms with Crippen molar-refractivity contribution < 1.29 is 9.90 Å². The van der Waals surface area contributed by atoms with Crippen LogP contribution in [0.3, 0.4) is 0 Å². The van der Waals surface area contributed by atoms with Crippen molar-refractivity contribution in [1.29, 1.82) is 0 Å². The molecule has 0 aliphatic rings. The Morgan fingerprint density at radius 3 is 3.00 bits per heavy atom. The maximum absolute atomic E-state index is 11.7. The van der Waals surface area contributed by atoms with Crippen LogP contribution in [-0.2, 0) is 4.79 Å². The number of nitrogens with one attached hydrogen (secondary N) is 1. The van der Waals surface area contributed by atoms with Crippen LogP contribution in [0.4, 0.5) is 0 Å². The van der Waals surface area contributed by atoms with Crippen LogP contribution in [0.2, 0.25) is 0 Å². The number of hydrogen-bond donors (Lipinski definition) is 2. The number of hydrogen-bond acceptors (Lipinski definition) is 3. The first kappa shape index (κ1) is 12.0. The zero-order chi connectivity index (χ0) is 13.1. The van der Waals surface area contributed by atoms with E-state index >= 15 is 0 Å². The molecule has 0 atom stereocenters. The molecule has 0 bridgehead atoms. The molecule has 5 nitrogen and oxygen atoms in total. The zero-order valence-electron chi connectivity index (χ0n) is 9.80. The second kappa shape index (κ2) is 4.83. The van der Waals surface area contributed by atoms with Crippen molar-refractivity contribution in [2.24, 2.45) is 0 Å². The van der Waals surface area contributed by atoms with Crippen LogP contribution in [0.15, 0.2) is 29.1 Å². The Hall–Kier alpha value is -2.43. The molecule has 5 heteroatoms. The maximum Gasteiger partial charge on any atom is 0.307 e. The summed E-state index contributed by atoms with van der Waals surface area (Å²) < 4.78 is 0. The first-order valence-electron chi connectivity index (χ1n) is 5.45. The molecule has 18 heavy (non-hydrogen) atoms. The lowest BCUT2D eigenvalue weighted by Gasteiger charge is -1.99. The lowest BCUT2D eigenvalue weighted by Crippen LogP contribution is -2.09. The van der Waals surface area contributed by atoms with E-state index in [0.29, 0.717) is 16.7 Å². The van der Waals surface area contributed by atoms with Crippen LogP contribution in [0, 0.1) is 6.92 Å². The molecule has 0 fully saturated rings. The van der Waals surface area contributed by atoms with Gasteiger partial charge in [0.05, 0.1) is 17.3 Å². The minimum Gasteiger partial charge on any atom is -0.481 e. The van der Waals surface area contributed by atoms with Crippen LogP contribution in [0.5, 0.6) is 0 Å². The van der Waals surface area contributed by atoms with E-state index in [-0.39, 0.29) is 12.0 Å². The van der Waals surface area contributed by atoms with E-state index in [1.54, 1.807) is 37.3 Å². The quantitative estimate of drug-likeness (QED) is 0.861. The van der Waals surface area contributed by atoms with Gasteiger partial charge in [0.15, 0.2) is 0 Å². The number of carboxylic acids is 1. The Morgan fingerprint density at radius 1 is 1.50 bits per heavy atom. The van der Waals surface area contributed by atoms with Gasteiger partial charge in [-0.3, -0.25) is 9.59 Å². The highest BCUT2D eigenvalue weighted by Gasteiger charge is 2.01. The monoisotopic (exact) mass is 244 g/mol. The van der Waals surface area contributed by atoms with Gasteiger partial charge in [0.1, 0.15) is 5.82 Å². The predicted molar refractivity (Wildman–Crippen MR) is 68.4 cm³/mol. The maximum atomic E-state index is 11.7. The fourth-order valence-electron chi connectivity index (χ4n) is 1.67. The van der Waals surface area contributed by atoms with E-state index in [1.165, 1.54) is 0 Å². The summed E-state index contributed by atoms with van der Waals surface area (Å²) in [7, 11) is 0. The lowest BCUT2D eigenvalue weighted by atomic mass is 10.1. The lowest BCUT2D eigenvalue weighted by molar-refractivity contribution is -0.135. The summed E-state index contributed by atoms with van der Waals surface area (Å²) in [5.74, 6) is -0.316. The number of carbonyl (C=O) groups is 1. The summed E-state index contributed by atoms with van der Waals surface area (Å²) in [6.45, 7) is 1.72. The molecule has 1 heterocycles. The number of fused-ring (bicyclic) bond motifs is 1. The fraction of sp³-hybridized carbons (Fsp3) is 0.154. The number of aliphatic carboxylic acids is 1. The molecule has 0 saturated carbocycles. The van der Waals surface area contributed by atoms with Crippen LogP contribution in [-0.4, -0.2) is 21.0 Å². The van der Waals surface area contributed by atoms with Gasteiger partial charge in [0, 0.05) is 0 Å². The third kappa shape index (κ3) is 2.63. The third-order valence-corrected chi connectivity index (χ3v) is 2.45. The van der Waals surface area contributed by atoms with Gasteiger partial charge in [-0.2, -0.15) is 0 Å². The van der Waals surface area contributed by atoms with Gasteiger partial charge < -0.3 is 10.1 Å². The number of H-pyrrole nitrogens is 1. The Labute approximate surface area is 103 Å². The van der Waals surface area contributed by atoms with Gasteiger partial charge in [-0.15, -0.1) is 0 Å². The van der Waals surface area contributed by atoms with Crippen LogP contribution >= 0.6 is 0 Å². The van der Waals surface area contributed by atoms with Crippen molar-refractivity contribution in [2.75, 3.05) is 0 Å². The van der Waals surface area contributed by atoms with Crippen molar-refractivity contribution in [3.63, 3.8) is 0 Å². The smallest absolute Gasteiger partial charge is 0.307 e. The van der Waals surface area contributed by atoms with Crippen molar-refractivity contribution in [2.45, 2.75) is 13.3 Å².